The highest BCUT2D eigenvalue weighted by Crippen LogP contribution is 2.36. The molecule has 2 aromatic heterocycles. The van der Waals surface area contributed by atoms with Crippen LogP contribution in [0.25, 0.3) is 22.3 Å². The summed E-state index contributed by atoms with van der Waals surface area (Å²) in [5.74, 6) is 6.61. The molecule has 3 aliphatic heterocycles. The van der Waals surface area contributed by atoms with Gasteiger partial charge in [0.05, 0.1) is 48.2 Å². The third kappa shape index (κ3) is 8.68. The summed E-state index contributed by atoms with van der Waals surface area (Å²) in [5.41, 5.74) is 11.3. The first-order chi connectivity index (χ1) is 30.3. The molecule has 6 aromatic rings. The lowest BCUT2D eigenvalue weighted by atomic mass is 10.0. The maximum Gasteiger partial charge on any atom is 0.408 e. The molecule has 9 rings (SSSR count). The molecular formula is C48H47FN8O5. The number of hydrogen-bond acceptors (Lipinski definition) is 8. The molecule has 3 aliphatic rings. The largest absolute Gasteiger partial charge is 0.446 e. The van der Waals surface area contributed by atoms with E-state index in [0.29, 0.717) is 85.2 Å². The number of hydrogen-bond donors (Lipinski definition) is 4. The van der Waals surface area contributed by atoms with Crippen molar-refractivity contribution in [3.63, 3.8) is 0 Å². The summed E-state index contributed by atoms with van der Waals surface area (Å²) < 4.78 is 26.7. The van der Waals surface area contributed by atoms with Gasteiger partial charge in [-0.3, -0.25) is 9.59 Å². The topological polar surface area (TPSA) is 172 Å². The van der Waals surface area contributed by atoms with Gasteiger partial charge in [-0.05, 0) is 73.2 Å². The van der Waals surface area contributed by atoms with E-state index >= 15 is 4.39 Å². The second-order valence-electron chi connectivity index (χ2n) is 16.0. The van der Waals surface area contributed by atoms with Gasteiger partial charge in [0, 0.05) is 42.6 Å². The minimum Gasteiger partial charge on any atom is -0.446 e. The number of fused-ring (bicyclic) bond motifs is 1. The molecule has 62 heavy (non-hydrogen) atoms. The number of alkyl carbamates (subject to hydrolysis) is 1. The van der Waals surface area contributed by atoms with Gasteiger partial charge in [0.1, 0.15) is 35.7 Å². The maximum atomic E-state index is 15.6. The van der Waals surface area contributed by atoms with Crippen molar-refractivity contribution in [3.8, 4) is 23.1 Å². The highest BCUT2D eigenvalue weighted by molar-refractivity contribution is 5.88. The Morgan fingerprint density at radius 2 is 1.44 bits per heavy atom. The number of aromatic nitrogens is 4. The fourth-order valence-corrected chi connectivity index (χ4v) is 8.67. The Hall–Kier alpha value is -6.82. The average molecular weight is 835 g/mol. The van der Waals surface area contributed by atoms with E-state index in [1.165, 1.54) is 6.07 Å². The number of benzene rings is 4. The standard InChI is InChI=1S/C48H47FN8O5/c49-36-27-30(17-19-35(36)39-29-51-44(54-39)40-13-7-23-56(40)46(58)42(50)32-9-3-1-4-10-32)15-16-31-18-20-37-38(28-31)53-45(52-37)41-14-8-24-57(41)47(59)43(33-11-5-2-6-12-33)55-48(60)62-34-21-25-61-26-22-34/h1-6,9-12,17-20,27-29,34,40-43H,7-8,13-14,21-26,50H2,(H,51,54)(H,52,53)(H,55,60)/t40-,41-,42+,43+/m0/s1. The third-order valence-corrected chi connectivity index (χ3v) is 11.9. The molecule has 13 nitrogen and oxygen atoms in total. The zero-order valence-electron chi connectivity index (χ0n) is 34.1. The number of rotatable bonds is 9. The predicted molar refractivity (Wildman–Crippen MR) is 229 cm³/mol. The summed E-state index contributed by atoms with van der Waals surface area (Å²) in [6, 6.07) is 26.6. The van der Waals surface area contributed by atoms with Gasteiger partial charge in [-0.2, -0.15) is 0 Å². The van der Waals surface area contributed by atoms with Gasteiger partial charge in [0.15, 0.2) is 0 Å². The normalized spacial score (nSPS) is 18.9. The summed E-state index contributed by atoms with van der Waals surface area (Å²) in [4.78, 5) is 60.3. The van der Waals surface area contributed by atoms with Crippen LogP contribution in [0.2, 0.25) is 0 Å². The van der Waals surface area contributed by atoms with Gasteiger partial charge in [0.2, 0.25) is 5.91 Å². The number of nitrogens with two attached hydrogens (primary N) is 1. The Morgan fingerprint density at radius 1 is 0.790 bits per heavy atom. The Kier molecular flexibility index (Phi) is 11.8. The summed E-state index contributed by atoms with van der Waals surface area (Å²) in [6.45, 7) is 2.14. The van der Waals surface area contributed by atoms with Crippen LogP contribution in [-0.4, -0.2) is 80.1 Å². The Labute approximate surface area is 358 Å². The number of aromatic amines is 2. The van der Waals surface area contributed by atoms with Crippen molar-refractivity contribution in [1.82, 2.24) is 35.1 Å². The molecule has 0 aliphatic carbocycles. The van der Waals surface area contributed by atoms with Crippen molar-refractivity contribution >= 4 is 28.9 Å². The van der Waals surface area contributed by atoms with Crippen LogP contribution in [-0.2, 0) is 19.1 Å². The van der Waals surface area contributed by atoms with Crippen LogP contribution >= 0.6 is 0 Å². The molecule has 3 saturated heterocycles. The molecule has 316 valence electrons. The maximum absolute atomic E-state index is 15.6. The van der Waals surface area contributed by atoms with Crippen LogP contribution in [0.4, 0.5) is 9.18 Å². The molecule has 3 fully saturated rings. The van der Waals surface area contributed by atoms with E-state index in [1.54, 1.807) is 28.1 Å². The SMILES string of the molecule is N[C@@H](C(=O)N1CCC[C@H]1c1ncc(-c2ccc(C#Cc3ccc4nc([C@@H]5CCCN5C(=O)[C@H](NC(=O)OC5CCOCC5)c5ccccc5)[nH]c4c3)cc2F)[nH]1)c1ccccc1. The molecule has 0 spiro atoms. The summed E-state index contributed by atoms with van der Waals surface area (Å²) in [6.07, 6.45) is 4.95. The lowest BCUT2D eigenvalue weighted by Crippen LogP contribution is -2.44. The number of carbonyl (C=O) groups is 3. The molecule has 0 bridgehead atoms. The monoisotopic (exact) mass is 834 g/mol. The van der Waals surface area contributed by atoms with Crippen LogP contribution in [0, 0.1) is 17.7 Å². The van der Waals surface area contributed by atoms with Crippen molar-refractivity contribution in [3.05, 3.63) is 143 Å². The molecule has 5 heterocycles. The zero-order valence-corrected chi connectivity index (χ0v) is 34.1. The van der Waals surface area contributed by atoms with Crippen molar-refractivity contribution < 1.29 is 28.2 Å². The second-order valence-corrected chi connectivity index (χ2v) is 16.0. The van der Waals surface area contributed by atoms with E-state index in [2.05, 4.69) is 32.1 Å². The van der Waals surface area contributed by atoms with E-state index in [1.807, 2.05) is 78.9 Å². The number of likely N-dealkylation sites (tertiary alicyclic amines) is 2. The lowest BCUT2D eigenvalue weighted by molar-refractivity contribution is -0.135. The van der Waals surface area contributed by atoms with E-state index in [-0.39, 0.29) is 30.0 Å². The third-order valence-electron chi connectivity index (χ3n) is 11.9. The minimum atomic E-state index is -0.934. The first-order valence-corrected chi connectivity index (χ1v) is 21.2. The smallest absolute Gasteiger partial charge is 0.408 e. The fraction of sp³-hybridized carbons (Fsp3) is 0.312. The van der Waals surface area contributed by atoms with E-state index in [9.17, 15) is 14.4 Å². The zero-order chi connectivity index (χ0) is 42.6. The van der Waals surface area contributed by atoms with Gasteiger partial charge in [-0.1, -0.05) is 72.5 Å². The van der Waals surface area contributed by atoms with Crippen LogP contribution in [0.3, 0.4) is 0 Å². The molecule has 3 amide bonds. The first kappa shape index (κ1) is 40.6. The lowest BCUT2D eigenvalue weighted by Gasteiger charge is -2.29. The van der Waals surface area contributed by atoms with Crippen LogP contribution in [0.15, 0.2) is 103 Å². The van der Waals surface area contributed by atoms with Gasteiger partial charge in [-0.25, -0.2) is 19.2 Å². The molecule has 0 saturated carbocycles. The number of amides is 3. The number of nitrogens with zero attached hydrogens (tertiary/aromatic N) is 4. The number of nitrogens with one attached hydrogen (secondary N) is 3. The molecule has 5 N–H and O–H groups in total. The van der Waals surface area contributed by atoms with Crippen molar-refractivity contribution in [2.45, 2.75) is 68.8 Å². The van der Waals surface area contributed by atoms with Gasteiger partial charge >= 0.3 is 6.09 Å². The van der Waals surface area contributed by atoms with Crippen molar-refractivity contribution in [2.24, 2.45) is 5.73 Å². The predicted octanol–water partition coefficient (Wildman–Crippen LogP) is 7.17. The highest BCUT2D eigenvalue weighted by atomic mass is 19.1. The molecular weight excluding hydrogens is 788 g/mol. The summed E-state index contributed by atoms with van der Waals surface area (Å²) in [7, 11) is 0. The Morgan fingerprint density at radius 3 is 2.15 bits per heavy atom. The molecule has 0 radical (unpaired) electrons. The number of H-pyrrole nitrogens is 2. The average Bonchev–Trinajstić information content (AvgIpc) is 4.15. The van der Waals surface area contributed by atoms with Gasteiger partial charge in [0.25, 0.3) is 5.91 Å². The first-order valence-electron chi connectivity index (χ1n) is 21.2. The number of halogens is 1. The van der Waals surface area contributed by atoms with Crippen LogP contribution in [0.1, 0.15) is 96.6 Å². The van der Waals surface area contributed by atoms with Crippen molar-refractivity contribution in [2.75, 3.05) is 26.3 Å². The van der Waals surface area contributed by atoms with Crippen molar-refractivity contribution in [1.29, 1.82) is 0 Å². The van der Waals surface area contributed by atoms with E-state index < -0.39 is 24.0 Å². The second kappa shape index (κ2) is 18.0. The molecule has 4 atom stereocenters. The number of carbonyl (C=O) groups excluding carboxylic acids is 3. The highest BCUT2D eigenvalue weighted by Gasteiger charge is 2.38. The summed E-state index contributed by atoms with van der Waals surface area (Å²) in [5, 5.41) is 2.85. The molecule has 4 aromatic carbocycles. The quantitative estimate of drug-likeness (QED) is 0.111. The molecule has 0 unspecified atom stereocenters. The van der Waals surface area contributed by atoms with Gasteiger partial charge < -0.3 is 40.3 Å². The Balaban J connectivity index is 0.873. The number of imidazole rings is 2. The minimum absolute atomic E-state index is 0.168. The van der Waals surface area contributed by atoms with E-state index in [4.69, 9.17) is 20.2 Å². The van der Waals surface area contributed by atoms with E-state index in [0.717, 1.165) is 35.9 Å². The Bertz CT molecular complexity index is 2630. The summed E-state index contributed by atoms with van der Waals surface area (Å²) >= 11 is 0. The van der Waals surface area contributed by atoms with Crippen LogP contribution < -0.4 is 11.1 Å². The molecule has 14 heteroatoms. The fourth-order valence-electron chi connectivity index (χ4n) is 8.67. The van der Waals surface area contributed by atoms with Gasteiger partial charge in [-0.15, -0.1) is 0 Å². The van der Waals surface area contributed by atoms with Crippen LogP contribution in [0.5, 0.6) is 0 Å². The number of ether oxygens (including phenoxy) is 2.